The van der Waals surface area contributed by atoms with Crippen molar-refractivity contribution in [1.82, 2.24) is 5.32 Å². The third-order valence-electron chi connectivity index (χ3n) is 2.42. The molecule has 3 N–H and O–H groups in total. The summed E-state index contributed by atoms with van der Waals surface area (Å²) in [6.07, 6.45) is -0.0764. The van der Waals surface area contributed by atoms with Crippen molar-refractivity contribution >= 4 is 0 Å². The van der Waals surface area contributed by atoms with Gasteiger partial charge in [0.1, 0.15) is 0 Å². The average molecular weight is 261 g/mol. The highest BCUT2D eigenvalue weighted by molar-refractivity contribution is 5.29. The molecule has 1 unspecified atom stereocenters. The van der Waals surface area contributed by atoms with Crippen LogP contribution in [0.5, 0.6) is 5.75 Å². The molecule has 0 bridgehead atoms. The fourth-order valence-electron chi connectivity index (χ4n) is 1.50. The first-order valence-electron chi connectivity index (χ1n) is 5.59. The largest absolute Gasteiger partial charge is 0.503 e. The van der Waals surface area contributed by atoms with Crippen molar-refractivity contribution in [3.63, 3.8) is 0 Å². The van der Waals surface area contributed by atoms with Gasteiger partial charge in [-0.15, -0.1) is 0 Å². The van der Waals surface area contributed by atoms with Gasteiger partial charge in [0.15, 0.2) is 17.4 Å². The quantitative estimate of drug-likeness (QED) is 0.644. The summed E-state index contributed by atoms with van der Waals surface area (Å²) >= 11 is 0. The van der Waals surface area contributed by atoms with Gasteiger partial charge in [-0.3, -0.25) is 0 Å². The lowest BCUT2D eigenvalue weighted by atomic mass is 10.2. The van der Waals surface area contributed by atoms with E-state index < -0.39 is 23.5 Å². The number of phenolic OH excluding ortho intramolecular Hbond substituents is 1. The van der Waals surface area contributed by atoms with Gasteiger partial charge in [-0.25, -0.2) is 8.78 Å². The van der Waals surface area contributed by atoms with E-state index in [0.29, 0.717) is 18.5 Å². The number of hydrogen-bond acceptors (Lipinski definition) is 4. The molecule has 0 spiro atoms. The highest BCUT2D eigenvalue weighted by Gasteiger charge is 2.09. The molecule has 1 aromatic rings. The zero-order valence-electron chi connectivity index (χ0n) is 10.1. The number of phenols is 1. The van der Waals surface area contributed by atoms with E-state index in [1.54, 1.807) is 0 Å². The zero-order valence-corrected chi connectivity index (χ0v) is 10.1. The van der Waals surface area contributed by atoms with Crippen LogP contribution in [0.2, 0.25) is 0 Å². The van der Waals surface area contributed by atoms with Gasteiger partial charge in [-0.1, -0.05) is 0 Å². The predicted octanol–water partition coefficient (Wildman–Crippen LogP) is 1.16. The first kappa shape index (κ1) is 14.8. The maximum absolute atomic E-state index is 13.0. The molecule has 1 atom stereocenters. The van der Waals surface area contributed by atoms with E-state index in [0.717, 1.165) is 12.1 Å². The fourth-order valence-corrected chi connectivity index (χ4v) is 1.50. The minimum atomic E-state index is -0.980. The topological polar surface area (TPSA) is 61.7 Å². The normalized spacial score (nSPS) is 12.7. The Balaban J connectivity index is 2.36. The molecule has 1 rings (SSSR count). The Labute approximate surface area is 104 Å². The summed E-state index contributed by atoms with van der Waals surface area (Å²) in [6, 6.07) is 2.13. The Kier molecular flexibility index (Phi) is 5.97. The Hall–Kier alpha value is -1.24. The van der Waals surface area contributed by atoms with Gasteiger partial charge in [0, 0.05) is 13.7 Å². The van der Waals surface area contributed by atoms with E-state index in [1.165, 1.54) is 7.11 Å². The third kappa shape index (κ3) is 4.56. The smallest absolute Gasteiger partial charge is 0.187 e. The number of hydrogen-bond donors (Lipinski definition) is 3. The minimum Gasteiger partial charge on any atom is -0.503 e. The van der Waals surface area contributed by atoms with Gasteiger partial charge in [0.25, 0.3) is 0 Å². The number of ether oxygens (including phenoxy) is 1. The van der Waals surface area contributed by atoms with Crippen LogP contribution in [0.25, 0.3) is 0 Å². The molecule has 0 radical (unpaired) electrons. The number of rotatable bonds is 7. The van der Waals surface area contributed by atoms with E-state index in [4.69, 9.17) is 9.84 Å². The van der Waals surface area contributed by atoms with E-state index in [9.17, 15) is 13.9 Å². The van der Waals surface area contributed by atoms with Crippen LogP contribution in [0.15, 0.2) is 12.1 Å². The standard InChI is InChI=1S/C12H17F2NO3/c1-18-7-9(16)2-3-15-6-8-4-10(13)12(17)11(14)5-8/h4-5,9,15-17H,2-3,6-7H2,1H3. The summed E-state index contributed by atoms with van der Waals surface area (Å²) < 4.78 is 30.8. The second-order valence-electron chi connectivity index (χ2n) is 3.98. The van der Waals surface area contributed by atoms with Gasteiger partial charge in [0.05, 0.1) is 12.7 Å². The van der Waals surface area contributed by atoms with Gasteiger partial charge in [-0.2, -0.15) is 0 Å². The number of benzene rings is 1. The average Bonchev–Trinajstić information content (AvgIpc) is 2.32. The van der Waals surface area contributed by atoms with E-state index in [2.05, 4.69) is 5.32 Å². The van der Waals surface area contributed by atoms with Crippen molar-refractivity contribution in [3.05, 3.63) is 29.3 Å². The molecule has 0 saturated carbocycles. The Morgan fingerprint density at radius 2 is 1.94 bits per heavy atom. The molecule has 0 heterocycles. The monoisotopic (exact) mass is 261 g/mol. The Morgan fingerprint density at radius 3 is 2.50 bits per heavy atom. The van der Waals surface area contributed by atoms with Crippen molar-refractivity contribution in [2.45, 2.75) is 19.1 Å². The van der Waals surface area contributed by atoms with Crippen LogP contribution in [-0.2, 0) is 11.3 Å². The molecular formula is C12H17F2NO3. The molecule has 0 amide bonds. The molecule has 102 valence electrons. The van der Waals surface area contributed by atoms with Crippen LogP contribution in [0.3, 0.4) is 0 Å². The van der Waals surface area contributed by atoms with Crippen molar-refractivity contribution in [2.75, 3.05) is 20.3 Å². The van der Waals surface area contributed by atoms with Crippen molar-refractivity contribution < 1.29 is 23.7 Å². The summed E-state index contributed by atoms with van der Waals surface area (Å²) in [4.78, 5) is 0. The number of aliphatic hydroxyl groups is 1. The summed E-state index contributed by atoms with van der Waals surface area (Å²) in [5.74, 6) is -2.92. The first-order valence-corrected chi connectivity index (χ1v) is 5.59. The van der Waals surface area contributed by atoms with Crippen LogP contribution >= 0.6 is 0 Å². The first-order chi connectivity index (χ1) is 8.54. The number of aromatic hydroxyl groups is 1. The Bertz CT molecular complexity index is 365. The highest BCUT2D eigenvalue weighted by Crippen LogP contribution is 2.21. The molecule has 0 saturated heterocycles. The second kappa shape index (κ2) is 7.25. The predicted molar refractivity (Wildman–Crippen MR) is 62.2 cm³/mol. The van der Waals surface area contributed by atoms with E-state index >= 15 is 0 Å². The molecule has 18 heavy (non-hydrogen) atoms. The van der Waals surface area contributed by atoms with Crippen molar-refractivity contribution in [3.8, 4) is 5.75 Å². The van der Waals surface area contributed by atoms with Crippen LogP contribution in [0, 0.1) is 11.6 Å². The lowest BCUT2D eigenvalue weighted by molar-refractivity contribution is 0.0594. The van der Waals surface area contributed by atoms with Crippen molar-refractivity contribution in [1.29, 1.82) is 0 Å². The molecular weight excluding hydrogens is 244 g/mol. The summed E-state index contributed by atoms with van der Waals surface area (Å²) in [6.45, 7) is 1.01. The van der Waals surface area contributed by atoms with Crippen molar-refractivity contribution in [2.24, 2.45) is 0 Å². The van der Waals surface area contributed by atoms with Crippen LogP contribution in [-0.4, -0.2) is 36.6 Å². The van der Waals surface area contributed by atoms with Gasteiger partial charge >= 0.3 is 0 Å². The highest BCUT2D eigenvalue weighted by atomic mass is 19.1. The molecule has 4 nitrogen and oxygen atoms in total. The van der Waals surface area contributed by atoms with E-state index in [-0.39, 0.29) is 13.2 Å². The SMILES string of the molecule is COCC(O)CCNCc1cc(F)c(O)c(F)c1. The third-order valence-corrected chi connectivity index (χ3v) is 2.42. The number of aliphatic hydroxyl groups excluding tert-OH is 1. The van der Waals surface area contributed by atoms with Gasteiger partial charge in [0.2, 0.25) is 0 Å². The lowest BCUT2D eigenvalue weighted by Gasteiger charge is -2.10. The molecule has 6 heteroatoms. The van der Waals surface area contributed by atoms with Crippen LogP contribution in [0.1, 0.15) is 12.0 Å². The summed E-state index contributed by atoms with van der Waals surface area (Å²) in [5.41, 5.74) is 0.393. The maximum Gasteiger partial charge on any atom is 0.187 e. The van der Waals surface area contributed by atoms with Gasteiger partial charge < -0.3 is 20.3 Å². The molecule has 1 aromatic carbocycles. The number of methoxy groups -OCH3 is 1. The molecule has 0 fully saturated rings. The maximum atomic E-state index is 13.0. The minimum absolute atomic E-state index is 0.254. The summed E-state index contributed by atoms with van der Waals surface area (Å²) in [7, 11) is 1.50. The number of nitrogens with one attached hydrogen (secondary N) is 1. The molecule has 0 aliphatic rings. The number of halogens is 2. The summed E-state index contributed by atoms with van der Waals surface area (Å²) in [5, 5.41) is 21.2. The molecule has 0 aliphatic carbocycles. The zero-order chi connectivity index (χ0) is 13.5. The second-order valence-corrected chi connectivity index (χ2v) is 3.98. The fraction of sp³-hybridized carbons (Fsp3) is 0.500. The lowest BCUT2D eigenvalue weighted by Crippen LogP contribution is -2.23. The van der Waals surface area contributed by atoms with Gasteiger partial charge in [-0.05, 0) is 30.7 Å². The molecule has 0 aromatic heterocycles. The molecule has 0 aliphatic heterocycles. The Morgan fingerprint density at radius 1 is 1.33 bits per heavy atom. The van der Waals surface area contributed by atoms with Crippen LogP contribution in [0.4, 0.5) is 8.78 Å². The van der Waals surface area contributed by atoms with Crippen LogP contribution < -0.4 is 5.32 Å². The van der Waals surface area contributed by atoms with E-state index in [1.807, 2.05) is 0 Å².